The van der Waals surface area contributed by atoms with Gasteiger partial charge in [-0.3, -0.25) is 4.79 Å². The number of carbonyl (C=O) groups is 1. The predicted molar refractivity (Wildman–Crippen MR) is 165 cm³/mol. The third-order valence-electron chi connectivity index (χ3n) is 6.67. The van der Waals surface area contributed by atoms with E-state index in [1.54, 1.807) is 44.6 Å². The van der Waals surface area contributed by atoms with Crippen LogP contribution in [-0.4, -0.2) is 45.6 Å². The summed E-state index contributed by atoms with van der Waals surface area (Å²) in [4.78, 5) is 23.5. The van der Waals surface area contributed by atoms with Gasteiger partial charge in [-0.15, -0.1) is 0 Å². The molecule has 0 bridgehead atoms. The van der Waals surface area contributed by atoms with Gasteiger partial charge in [0.2, 0.25) is 10.0 Å². The number of anilines is 3. The highest BCUT2D eigenvalue weighted by atomic mass is 32.2. The summed E-state index contributed by atoms with van der Waals surface area (Å²) >= 11 is 0. The Bertz CT molecular complexity index is 1920. The van der Waals surface area contributed by atoms with Crippen molar-refractivity contribution in [3.05, 3.63) is 90.0 Å². The Hall–Kier alpha value is -5.20. The van der Waals surface area contributed by atoms with E-state index >= 15 is 0 Å². The van der Waals surface area contributed by atoms with Crippen molar-refractivity contribution in [1.29, 1.82) is 0 Å². The van der Waals surface area contributed by atoms with Crippen molar-refractivity contribution in [2.75, 3.05) is 32.0 Å². The molecule has 0 spiro atoms. The number of nitrogens with two attached hydrogens (primary N) is 1. The molecular weight excluding hydrogens is 570 g/mol. The SMILES string of the molecule is COc1cc(Nc2nc3ccccc3nc2-c2c(C(=O)Nc3ccc(S(N)(=O)=O)cc3)ccc(C)c2OC)cc(OC)c1. The zero-order valence-corrected chi connectivity index (χ0v) is 24.7. The number of hydrogen-bond donors (Lipinski definition) is 3. The number of rotatable bonds is 9. The van der Waals surface area contributed by atoms with Gasteiger partial charge in [-0.25, -0.2) is 23.5 Å². The minimum atomic E-state index is -3.88. The number of aromatic nitrogens is 2. The van der Waals surface area contributed by atoms with Gasteiger partial charge < -0.3 is 24.8 Å². The molecule has 0 aliphatic carbocycles. The van der Waals surface area contributed by atoms with Gasteiger partial charge in [0.25, 0.3) is 5.91 Å². The maximum absolute atomic E-state index is 13.8. The van der Waals surface area contributed by atoms with Gasteiger partial charge in [-0.1, -0.05) is 18.2 Å². The first-order valence-electron chi connectivity index (χ1n) is 13.0. The van der Waals surface area contributed by atoms with E-state index in [1.807, 2.05) is 31.2 Å². The highest BCUT2D eigenvalue weighted by Gasteiger charge is 2.25. The molecule has 0 fully saturated rings. The minimum absolute atomic E-state index is 0.0699. The van der Waals surface area contributed by atoms with E-state index in [-0.39, 0.29) is 10.5 Å². The number of benzene rings is 4. The minimum Gasteiger partial charge on any atom is -0.497 e. The summed E-state index contributed by atoms with van der Waals surface area (Å²) in [6.07, 6.45) is 0. The van der Waals surface area contributed by atoms with Gasteiger partial charge in [0, 0.05) is 29.6 Å². The summed E-state index contributed by atoms with van der Waals surface area (Å²) in [6, 6.07) is 21.7. The molecule has 1 amide bonds. The van der Waals surface area contributed by atoms with Crippen LogP contribution in [0.1, 0.15) is 15.9 Å². The lowest BCUT2D eigenvalue weighted by atomic mass is 9.98. The predicted octanol–water partition coefficient (Wildman–Crippen LogP) is 5.27. The molecule has 43 heavy (non-hydrogen) atoms. The molecule has 5 aromatic rings. The van der Waals surface area contributed by atoms with E-state index in [9.17, 15) is 13.2 Å². The van der Waals surface area contributed by atoms with Crippen molar-refractivity contribution in [3.8, 4) is 28.5 Å². The number of nitrogens with one attached hydrogen (secondary N) is 2. The Labute approximate surface area is 248 Å². The van der Waals surface area contributed by atoms with Crippen LogP contribution < -0.4 is 30.0 Å². The Morgan fingerprint density at radius 1 is 0.791 bits per heavy atom. The summed E-state index contributed by atoms with van der Waals surface area (Å²) in [5.41, 5.74) is 4.05. The van der Waals surface area contributed by atoms with Crippen LogP contribution in [0.15, 0.2) is 83.8 Å². The monoisotopic (exact) mass is 599 g/mol. The second-order valence-electron chi connectivity index (χ2n) is 9.50. The summed E-state index contributed by atoms with van der Waals surface area (Å²) in [7, 11) is 0.761. The fourth-order valence-corrected chi connectivity index (χ4v) is 5.09. The molecular formula is C31H29N5O6S. The Kier molecular flexibility index (Phi) is 8.15. The average Bonchev–Trinajstić information content (AvgIpc) is 3.00. The quantitative estimate of drug-likeness (QED) is 0.205. The molecule has 1 aromatic heterocycles. The fourth-order valence-electron chi connectivity index (χ4n) is 4.58. The molecule has 0 radical (unpaired) electrons. The van der Waals surface area contributed by atoms with Crippen LogP contribution in [-0.2, 0) is 10.0 Å². The Morgan fingerprint density at radius 2 is 1.42 bits per heavy atom. The lowest BCUT2D eigenvalue weighted by Crippen LogP contribution is -2.16. The molecule has 11 nitrogen and oxygen atoms in total. The second kappa shape index (κ2) is 12.0. The number of aryl methyl sites for hydroxylation is 1. The molecule has 1 heterocycles. The molecule has 4 aromatic carbocycles. The number of fused-ring (bicyclic) bond motifs is 1. The zero-order chi connectivity index (χ0) is 30.7. The number of amides is 1. The maximum Gasteiger partial charge on any atom is 0.256 e. The lowest BCUT2D eigenvalue weighted by Gasteiger charge is -2.19. The van der Waals surface area contributed by atoms with E-state index < -0.39 is 15.9 Å². The molecule has 220 valence electrons. The summed E-state index contributed by atoms with van der Waals surface area (Å²) in [6.45, 7) is 1.87. The van der Waals surface area contributed by atoms with Gasteiger partial charge in [0.15, 0.2) is 5.82 Å². The van der Waals surface area contributed by atoms with Gasteiger partial charge in [-0.2, -0.15) is 0 Å². The highest BCUT2D eigenvalue weighted by molar-refractivity contribution is 7.89. The van der Waals surface area contributed by atoms with Crippen molar-refractivity contribution in [1.82, 2.24) is 9.97 Å². The normalized spacial score (nSPS) is 11.2. The van der Waals surface area contributed by atoms with E-state index in [4.69, 9.17) is 29.3 Å². The molecule has 0 saturated carbocycles. The van der Waals surface area contributed by atoms with Crippen molar-refractivity contribution in [2.24, 2.45) is 5.14 Å². The number of hydrogen-bond acceptors (Lipinski definition) is 9. The largest absolute Gasteiger partial charge is 0.497 e. The molecule has 4 N–H and O–H groups in total. The van der Waals surface area contributed by atoms with Crippen LogP contribution >= 0.6 is 0 Å². The van der Waals surface area contributed by atoms with Gasteiger partial charge in [-0.05, 0) is 55.0 Å². The van der Waals surface area contributed by atoms with Crippen molar-refractivity contribution >= 4 is 44.2 Å². The van der Waals surface area contributed by atoms with Crippen LogP contribution in [0.4, 0.5) is 17.2 Å². The highest BCUT2D eigenvalue weighted by Crippen LogP contribution is 2.41. The van der Waals surface area contributed by atoms with Gasteiger partial charge >= 0.3 is 0 Å². The average molecular weight is 600 g/mol. The number of sulfonamides is 1. The molecule has 0 saturated heterocycles. The molecule has 5 rings (SSSR count). The standard InChI is InChI=1S/C31H29N5O6S/c1-18-9-14-24(31(37)34-19-10-12-23(13-11-19)43(32,38)39)27(29(18)42-4)28-30(36-26-8-6-5-7-25(26)35-28)33-20-15-21(40-2)17-22(16-20)41-3/h5-17H,1-4H3,(H,33,36)(H,34,37)(H2,32,38,39). The number of nitrogens with zero attached hydrogens (tertiary/aromatic N) is 2. The summed E-state index contributed by atoms with van der Waals surface area (Å²) in [5, 5.41) is 11.4. The third-order valence-corrected chi connectivity index (χ3v) is 7.59. The van der Waals surface area contributed by atoms with E-state index in [0.29, 0.717) is 56.7 Å². The van der Waals surface area contributed by atoms with E-state index in [1.165, 1.54) is 31.4 Å². The summed E-state index contributed by atoms with van der Waals surface area (Å²) in [5.74, 6) is 1.47. The number of ether oxygens (including phenoxy) is 3. The van der Waals surface area contributed by atoms with Crippen LogP contribution in [0.25, 0.3) is 22.3 Å². The Balaban J connectivity index is 1.67. The van der Waals surface area contributed by atoms with Crippen LogP contribution in [0.5, 0.6) is 17.2 Å². The first-order valence-corrected chi connectivity index (χ1v) is 14.5. The van der Waals surface area contributed by atoms with Crippen LogP contribution in [0, 0.1) is 6.92 Å². The molecule has 12 heteroatoms. The van der Waals surface area contributed by atoms with E-state index in [2.05, 4.69) is 10.6 Å². The molecule has 0 aliphatic rings. The third kappa shape index (κ3) is 6.20. The molecule has 0 atom stereocenters. The van der Waals surface area contributed by atoms with Gasteiger partial charge in [0.05, 0.1) is 48.4 Å². The number of primary sulfonamides is 1. The topological polar surface area (TPSA) is 155 Å². The van der Waals surface area contributed by atoms with Crippen LogP contribution in [0.3, 0.4) is 0 Å². The van der Waals surface area contributed by atoms with Gasteiger partial charge in [0.1, 0.15) is 22.9 Å². The fraction of sp³-hybridized carbons (Fsp3) is 0.129. The van der Waals surface area contributed by atoms with Crippen molar-refractivity contribution in [2.45, 2.75) is 11.8 Å². The molecule has 0 aliphatic heterocycles. The number of carbonyl (C=O) groups excluding carboxylic acids is 1. The van der Waals surface area contributed by atoms with Crippen molar-refractivity contribution < 1.29 is 27.4 Å². The van der Waals surface area contributed by atoms with Crippen molar-refractivity contribution in [3.63, 3.8) is 0 Å². The zero-order valence-electron chi connectivity index (χ0n) is 23.8. The number of para-hydroxylation sites is 2. The molecule has 0 unspecified atom stereocenters. The lowest BCUT2D eigenvalue weighted by molar-refractivity contribution is 0.102. The second-order valence-corrected chi connectivity index (χ2v) is 11.1. The first-order chi connectivity index (χ1) is 20.6. The first kappa shape index (κ1) is 29.3. The number of methoxy groups -OCH3 is 3. The maximum atomic E-state index is 13.8. The van der Waals surface area contributed by atoms with E-state index in [0.717, 1.165) is 5.56 Å². The smallest absolute Gasteiger partial charge is 0.256 e. The summed E-state index contributed by atoms with van der Waals surface area (Å²) < 4.78 is 40.0. The van der Waals surface area contributed by atoms with Crippen LogP contribution in [0.2, 0.25) is 0 Å². The Morgan fingerprint density at radius 3 is 2.00 bits per heavy atom.